The van der Waals surface area contributed by atoms with Crippen LogP contribution in [0.5, 0.6) is 0 Å². The van der Waals surface area contributed by atoms with E-state index in [9.17, 15) is 31.9 Å². The molecule has 0 bridgehead atoms. The van der Waals surface area contributed by atoms with Crippen LogP contribution >= 0.6 is 0 Å². The zero-order valence-corrected chi connectivity index (χ0v) is 19.7. The summed E-state index contributed by atoms with van der Waals surface area (Å²) in [7, 11) is -2.49. The SMILES string of the molecule is Cc1cc2c(cc(C(=O)N[C@H](CO)c3ccc(S(=O)(=O)CC(=O)OCCO)cc3)n2C)c(F)c1F. The van der Waals surface area contributed by atoms with Crippen molar-refractivity contribution < 1.29 is 41.7 Å². The second kappa shape index (κ2) is 10.5. The van der Waals surface area contributed by atoms with Crippen LogP contribution in [0.2, 0.25) is 0 Å². The van der Waals surface area contributed by atoms with Crippen LogP contribution in [0, 0.1) is 18.6 Å². The molecule has 0 spiro atoms. The number of aryl methyl sites for hydroxylation is 2. The van der Waals surface area contributed by atoms with Gasteiger partial charge in [-0.3, -0.25) is 9.59 Å². The minimum absolute atomic E-state index is 0.0305. The molecule has 188 valence electrons. The lowest BCUT2D eigenvalue weighted by molar-refractivity contribution is -0.141. The van der Waals surface area contributed by atoms with Crippen molar-refractivity contribution in [3.05, 3.63) is 64.9 Å². The van der Waals surface area contributed by atoms with E-state index in [0.717, 1.165) is 0 Å². The maximum absolute atomic E-state index is 14.3. The van der Waals surface area contributed by atoms with Crippen LogP contribution in [0.4, 0.5) is 8.78 Å². The Morgan fingerprint density at radius 1 is 1.11 bits per heavy atom. The number of carbonyl (C=O) groups is 2. The first kappa shape index (κ1) is 26.3. The van der Waals surface area contributed by atoms with Gasteiger partial charge in [0.25, 0.3) is 5.91 Å². The molecule has 3 N–H and O–H groups in total. The van der Waals surface area contributed by atoms with Gasteiger partial charge in [-0.05, 0) is 42.3 Å². The van der Waals surface area contributed by atoms with Crippen molar-refractivity contribution in [3.8, 4) is 0 Å². The molecule has 35 heavy (non-hydrogen) atoms. The number of halogens is 2. The number of esters is 1. The molecular formula is C23H24F2N2O7S. The molecule has 1 heterocycles. The van der Waals surface area contributed by atoms with Crippen LogP contribution in [-0.4, -0.2) is 60.6 Å². The molecular weight excluding hydrogens is 486 g/mol. The summed E-state index contributed by atoms with van der Waals surface area (Å²) >= 11 is 0. The van der Waals surface area contributed by atoms with E-state index in [1.807, 2.05) is 0 Å². The Balaban J connectivity index is 1.80. The number of carbonyl (C=O) groups excluding carboxylic acids is 2. The van der Waals surface area contributed by atoms with Crippen LogP contribution < -0.4 is 5.32 Å². The lowest BCUT2D eigenvalue weighted by atomic mass is 10.1. The largest absolute Gasteiger partial charge is 0.462 e. The molecule has 9 nitrogen and oxygen atoms in total. The quantitative estimate of drug-likeness (QED) is 0.372. The second-order valence-corrected chi connectivity index (χ2v) is 9.81. The zero-order chi connectivity index (χ0) is 25.9. The van der Waals surface area contributed by atoms with Gasteiger partial charge in [-0.15, -0.1) is 0 Å². The number of nitrogens with zero attached hydrogens (tertiary/aromatic N) is 1. The fourth-order valence-corrected chi connectivity index (χ4v) is 4.67. The average Bonchev–Trinajstić information content (AvgIpc) is 3.15. The molecule has 0 aliphatic carbocycles. The van der Waals surface area contributed by atoms with Gasteiger partial charge >= 0.3 is 5.97 Å². The van der Waals surface area contributed by atoms with Gasteiger partial charge in [-0.25, -0.2) is 17.2 Å². The van der Waals surface area contributed by atoms with Crippen LogP contribution in [0.25, 0.3) is 10.9 Å². The molecule has 0 saturated heterocycles. The standard InChI is InChI=1S/C23H24F2N2O7S/c1-13-9-18-16(22(25)21(13)24)10-19(27(18)2)23(31)26-17(11-29)14-3-5-15(6-4-14)35(32,33)12-20(30)34-8-7-28/h3-6,9-10,17,28-29H,7-8,11-12H2,1-2H3,(H,26,31)/t17-/m1/s1. The number of fused-ring (bicyclic) bond motifs is 1. The number of amides is 1. The number of aliphatic hydroxyl groups excluding tert-OH is 2. The highest BCUT2D eigenvalue weighted by molar-refractivity contribution is 7.92. The first-order valence-electron chi connectivity index (χ1n) is 10.4. The Morgan fingerprint density at radius 2 is 1.77 bits per heavy atom. The summed E-state index contributed by atoms with van der Waals surface area (Å²) in [6.45, 7) is 0.133. The number of nitrogens with one attached hydrogen (secondary N) is 1. The molecule has 1 aromatic heterocycles. The minimum atomic E-state index is -4.01. The van der Waals surface area contributed by atoms with Crippen molar-refractivity contribution in [2.75, 3.05) is 25.6 Å². The van der Waals surface area contributed by atoms with E-state index in [2.05, 4.69) is 10.1 Å². The van der Waals surface area contributed by atoms with Gasteiger partial charge in [0.2, 0.25) is 0 Å². The molecule has 3 aromatic rings. The van der Waals surface area contributed by atoms with E-state index >= 15 is 0 Å². The van der Waals surface area contributed by atoms with E-state index in [1.165, 1.54) is 54.9 Å². The van der Waals surface area contributed by atoms with Crippen molar-refractivity contribution in [1.29, 1.82) is 0 Å². The third-order valence-corrected chi connectivity index (χ3v) is 7.04. The molecule has 2 aromatic carbocycles. The normalized spacial score (nSPS) is 12.5. The Labute approximate surface area is 199 Å². The maximum Gasteiger partial charge on any atom is 0.321 e. The smallest absolute Gasteiger partial charge is 0.321 e. The number of aromatic nitrogens is 1. The number of hydrogen-bond acceptors (Lipinski definition) is 7. The van der Waals surface area contributed by atoms with Gasteiger partial charge in [0.15, 0.2) is 27.2 Å². The fraction of sp³-hybridized carbons (Fsp3) is 0.304. The van der Waals surface area contributed by atoms with Crippen molar-refractivity contribution in [2.45, 2.75) is 17.9 Å². The molecule has 0 aliphatic heterocycles. The van der Waals surface area contributed by atoms with Gasteiger partial charge in [0.1, 0.15) is 12.3 Å². The first-order valence-corrected chi connectivity index (χ1v) is 12.1. The predicted molar refractivity (Wildman–Crippen MR) is 121 cm³/mol. The van der Waals surface area contributed by atoms with Crippen molar-refractivity contribution in [2.24, 2.45) is 7.05 Å². The fourth-order valence-electron chi connectivity index (χ4n) is 3.56. The van der Waals surface area contributed by atoms with Gasteiger partial charge in [-0.2, -0.15) is 0 Å². The number of aliphatic hydroxyl groups is 2. The number of sulfone groups is 1. The molecule has 1 atom stereocenters. The van der Waals surface area contributed by atoms with E-state index in [0.29, 0.717) is 11.1 Å². The van der Waals surface area contributed by atoms with E-state index < -0.39 is 58.4 Å². The molecule has 1 amide bonds. The third kappa shape index (κ3) is 5.50. The topological polar surface area (TPSA) is 135 Å². The average molecular weight is 511 g/mol. The summed E-state index contributed by atoms with van der Waals surface area (Å²) in [4.78, 5) is 24.3. The summed E-state index contributed by atoms with van der Waals surface area (Å²) < 4.78 is 59.0. The Kier molecular flexibility index (Phi) is 7.88. The van der Waals surface area contributed by atoms with E-state index in [1.54, 1.807) is 0 Å². The van der Waals surface area contributed by atoms with Crippen LogP contribution in [0.1, 0.15) is 27.7 Å². The highest BCUT2D eigenvalue weighted by atomic mass is 32.2. The minimum Gasteiger partial charge on any atom is -0.462 e. The zero-order valence-electron chi connectivity index (χ0n) is 18.9. The van der Waals surface area contributed by atoms with E-state index in [4.69, 9.17) is 5.11 Å². The number of rotatable bonds is 9. The number of hydrogen-bond donors (Lipinski definition) is 3. The summed E-state index contributed by atoms with van der Waals surface area (Å²) in [6.07, 6.45) is 0. The Hall–Kier alpha value is -3.35. The maximum atomic E-state index is 14.3. The highest BCUT2D eigenvalue weighted by Crippen LogP contribution is 2.27. The molecule has 0 unspecified atom stereocenters. The van der Waals surface area contributed by atoms with Gasteiger partial charge in [0.05, 0.1) is 29.7 Å². The summed E-state index contributed by atoms with van der Waals surface area (Å²) in [5, 5.41) is 21.0. The summed E-state index contributed by atoms with van der Waals surface area (Å²) in [5.74, 6) is -4.65. The van der Waals surface area contributed by atoms with Gasteiger partial charge in [-0.1, -0.05) is 12.1 Å². The monoisotopic (exact) mass is 510 g/mol. The summed E-state index contributed by atoms with van der Waals surface area (Å²) in [5.41, 5.74) is 0.810. The molecule has 0 fully saturated rings. The van der Waals surface area contributed by atoms with Crippen LogP contribution in [0.3, 0.4) is 0 Å². The third-order valence-electron chi connectivity index (χ3n) is 5.43. The first-order chi connectivity index (χ1) is 16.5. The molecule has 0 saturated carbocycles. The second-order valence-electron chi connectivity index (χ2n) is 7.82. The van der Waals surface area contributed by atoms with Crippen LogP contribution in [0.15, 0.2) is 41.3 Å². The molecule has 0 radical (unpaired) electrons. The van der Waals surface area contributed by atoms with E-state index in [-0.39, 0.29) is 28.1 Å². The molecule has 0 aliphatic rings. The molecule has 3 rings (SSSR count). The predicted octanol–water partition coefficient (Wildman–Crippen LogP) is 1.54. The Bertz CT molecular complexity index is 1370. The highest BCUT2D eigenvalue weighted by Gasteiger charge is 2.24. The number of ether oxygens (including phenoxy) is 1. The lowest BCUT2D eigenvalue weighted by Crippen LogP contribution is -2.32. The molecule has 12 heteroatoms. The van der Waals surface area contributed by atoms with Gasteiger partial charge < -0.3 is 24.8 Å². The van der Waals surface area contributed by atoms with Crippen molar-refractivity contribution in [1.82, 2.24) is 9.88 Å². The van der Waals surface area contributed by atoms with Gasteiger partial charge in [0, 0.05) is 12.4 Å². The van der Waals surface area contributed by atoms with Crippen molar-refractivity contribution >= 4 is 32.6 Å². The van der Waals surface area contributed by atoms with Crippen LogP contribution in [-0.2, 0) is 26.4 Å². The lowest BCUT2D eigenvalue weighted by Gasteiger charge is -2.17. The Morgan fingerprint density at radius 3 is 2.37 bits per heavy atom. The number of benzene rings is 2. The summed E-state index contributed by atoms with van der Waals surface area (Å²) in [6, 6.07) is 6.87. The van der Waals surface area contributed by atoms with Crippen molar-refractivity contribution in [3.63, 3.8) is 0 Å².